The average molecular weight is 220 g/mol. The Balaban J connectivity index is 2.70. The maximum Gasteiger partial charge on any atom is 0.221 e. The molecule has 2 N–H and O–H groups in total. The summed E-state index contributed by atoms with van der Waals surface area (Å²) in [6.07, 6.45) is 2.33. The zero-order chi connectivity index (χ0) is 12.0. The van der Waals surface area contributed by atoms with Gasteiger partial charge in [0.15, 0.2) is 0 Å². The monoisotopic (exact) mass is 220 g/mol. The van der Waals surface area contributed by atoms with Crippen LogP contribution >= 0.6 is 0 Å². The third kappa shape index (κ3) is 3.93. The van der Waals surface area contributed by atoms with Crippen molar-refractivity contribution in [3.05, 3.63) is 23.8 Å². The van der Waals surface area contributed by atoms with Crippen LogP contribution in [0.25, 0.3) is 0 Å². The Labute approximate surface area is 97.2 Å². The number of carbonyl (C=O) groups excluding carboxylic acids is 1. The summed E-state index contributed by atoms with van der Waals surface area (Å²) in [6, 6.07) is 5.91. The van der Waals surface area contributed by atoms with Gasteiger partial charge in [0.05, 0.1) is 0 Å². The predicted octanol–water partition coefficient (Wildman–Crippen LogP) is 3.17. The minimum atomic E-state index is -0.0386. The topological polar surface area (TPSA) is 41.1 Å². The number of hydrogen-bond donors (Lipinski definition) is 2. The van der Waals surface area contributed by atoms with Crippen molar-refractivity contribution in [1.29, 1.82) is 0 Å². The zero-order valence-electron chi connectivity index (χ0n) is 10.3. The molecule has 0 aromatic heterocycles. The molecule has 0 atom stereocenters. The van der Waals surface area contributed by atoms with E-state index in [9.17, 15) is 4.79 Å². The van der Waals surface area contributed by atoms with Crippen LogP contribution < -0.4 is 10.6 Å². The lowest BCUT2D eigenvalue weighted by atomic mass is 10.1. The van der Waals surface area contributed by atoms with Crippen LogP contribution in [-0.2, 0) is 4.79 Å². The normalized spacial score (nSPS) is 9.94. The summed E-state index contributed by atoms with van der Waals surface area (Å²) in [4.78, 5) is 10.9. The fourth-order valence-corrected chi connectivity index (χ4v) is 1.49. The quantitative estimate of drug-likeness (QED) is 0.748. The van der Waals surface area contributed by atoms with Crippen molar-refractivity contribution < 1.29 is 4.79 Å². The molecule has 16 heavy (non-hydrogen) atoms. The van der Waals surface area contributed by atoms with Crippen LogP contribution in [0.2, 0.25) is 0 Å². The van der Waals surface area contributed by atoms with Crippen LogP contribution in [0.5, 0.6) is 0 Å². The van der Waals surface area contributed by atoms with Crippen LogP contribution in [0.1, 0.15) is 32.3 Å². The van der Waals surface area contributed by atoms with Gasteiger partial charge in [-0.3, -0.25) is 4.79 Å². The van der Waals surface area contributed by atoms with Crippen molar-refractivity contribution in [2.24, 2.45) is 0 Å². The Kier molecular flexibility index (Phi) is 4.83. The molecule has 3 heteroatoms. The summed E-state index contributed by atoms with van der Waals surface area (Å²) in [5, 5.41) is 6.16. The minimum absolute atomic E-state index is 0.0386. The molecular formula is C13H20N2O. The number of carbonyl (C=O) groups is 1. The van der Waals surface area contributed by atoms with E-state index in [1.54, 1.807) is 0 Å². The van der Waals surface area contributed by atoms with Gasteiger partial charge in [0.25, 0.3) is 0 Å². The van der Waals surface area contributed by atoms with Gasteiger partial charge >= 0.3 is 0 Å². The first kappa shape index (κ1) is 12.6. The van der Waals surface area contributed by atoms with E-state index in [0.29, 0.717) is 0 Å². The fraction of sp³-hybridized carbons (Fsp3) is 0.462. The summed E-state index contributed by atoms with van der Waals surface area (Å²) in [6.45, 7) is 6.72. The first-order valence-corrected chi connectivity index (χ1v) is 5.75. The SMILES string of the molecule is CCCCNc1cc(NC(C)=O)ccc1C. The highest BCUT2D eigenvalue weighted by Gasteiger charge is 2.00. The second-order valence-corrected chi connectivity index (χ2v) is 3.99. The molecule has 0 bridgehead atoms. The largest absolute Gasteiger partial charge is 0.385 e. The molecule has 0 heterocycles. The first-order valence-electron chi connectivity index (χ1n) is 5.75. The molecule has 0 saturated carbocycles. The highest BCUT2D eigenvalue weighted by atomic mass is 16.1. The third-order valence-electron chi connectivity index (χ3n) is 2.40. The molecule has 1 aromatic carbocycles. The van der Waals surface area contributed by atoms with E-state index in [1.165, 1.54) is 18.9 Å². The van der Waals surface area contributed by atoms with Gasteiger partial charge in [0.2, 0.25) is 5.91 Å². The molecule has 0 fully saturated rings. The van der Waals surface area contributed by atoms with Gasteiger partial charge in [-0.2, -0.15) is 0 Å². The highest BCUT2D eigenvalue weighted by Crippen LogP contribution is 2.20. The van der Waals surface area contributed by atoms with E-state index in [-0.39, 0.29) is 5.91 Å². The Hall–Kier alpha value is -1.51. The van der Waals surface area contributed by atoms with E-state index < -0.39 is 0 Å². The molecule has 0 unspecified atom stereocenters. The smallest absolute Gasteiger partial charge is 0.221 e. The van der Waals surface area contributed by atoms with Crippen molar-refractivity contribution in [2.45, 2.75) is 33.6 Å². The first-order chi connectivity index (χ1) is 7.63. The lowest BCUT2D eigenvalue weighted by molar-refractivity contribution is -0.114. The van der Waals surface area contributed by atoms with Crippen molar-refractivity contribution in [3.8, 4) is 0 Å². The zero-order valence-corrected chi connectivity index (χ0v) is 10.3. The number of anilines is 2. The molecule has 1 amide bonds. The molecule has 0 spiro atoms. The van der Waals surface area contributed by atoms with E-state index in [2.05, 4.69) is 24.5 Å². The summed E-state index contributed by atoms with van der Waals surface area (Å²) < 4.78 is 0. The minimum Gasteiger partial charge on any atom is -0.385 e. The van der Waals surface area contributed by atoms with Gasteiger partial charge in [0, 0.05) is 24.8 Å². The van der Waals surface area contributed by atoms with Crippen LogP contribution in [0, 0.1) is 6.92 Å². The van der Waals surface area contributed by atoms with Crippen LogP contribution in [-0.4, -0.2) is 12.5 Å². The average Bonchev–Trinajstić information content (AvgIpc) is 2.22. The lowest BCUT2D eigenvalue weighted by Gasteiger charge is -2.11. The van der Waals surface area contributed by atoms with Gasteiger partial charge in [-0.25, -0.2) is 0 Å². The van der Waals surface area contributed by atoms with Gasteiger partial charge in [-0.15, -0.1) is 0 Å². The second kappa shape index (κ2) is 6.16. The van der Waals surface area contributed by atoms with Crippen molar-refractivity contribution in [1.82, 2.24) is 0 Å². The molecule has 1 rings (SSSR count). The number of benzene rings is 1. The van der Waals surface area contributed by atoms with Crippen LogP contribution in [0.15, 0.2) is 18.2 Å². The standard InChI is InChI=1S/C13H20N2O/c1-4-5-8-14-13-9-12(15-11(3)16)7-6-10(13)2/h6-7,9,14H,4-5,8H2,1-3H3,(H,15,16). The van der Waals surface area contributed by atoms with Crippen LogP contribution in [0.4, 0.5) is 11.4 Å². The number of unbranched alkanes of at least 4 members (excludes halogenated alkanes) is 1. The van der Waals surface area contributed by atoms with Crippen LogP contribution in [0.3, 0.4) is 0 Å². The Bertz CT molecular complexity index is 361. The molecule has 0 aliphatic carbocycles. The van der Waals surface area contributed by atoms with Crippen molar-refractivity contribution in [2.75, 3.05) is 17.2 Å². The molecule has 0 aliphatic rings. The van der Waals surface area contributed by atoms with E-state index in [1.807, 2.05) is 18.2 Å². The molecule has 0 saturated heterocycles. The molecule has 1 aromatic rings. The van der Waals surface area contributed by atoms with Crippen molar-refractivity contribution >= 4 is 17.3 Å². The molecule has 3 nitrogen and oxygen atoms in total. The molecule has 88 valence electrons. The molecule has 0 radical (unpaired) electrons. The van der Waals surface area contributed by atoms with Crippen molar-refractivity contribution in [3.63, 3.8) is 0 Å². The van der Waals surface area contributed by atoms with Gasteiger partial charge in [0.1, 0.15) is 0 Å². The fourth-order valence-electron chi connectivity index (χ4n) is 1.49. The summed E-state index contributed by atoms with van der Waals surface area (Å²) in [7, 11) is 0. The van der Waals surface area contributed by atoms with Gasteiger partial charge in [-0.05, 0) is 31.0 Å². The lowest BCUT2D eigenvalue weighted by Crippen LogP contribution is -2.07. The Morgan fingerprint density at radius 3 is 2.75 bits per heavy atom. The maximum atomic E-state index is 10.9. The van der Waals surface area contributed by atoms with E-state index in [0.717, 1.165) is 24.3 Å². The Morgan fingerprint density at radius 1 is 1.38 bits per heavy atom. The summed E-state index contributed by atoms with van der Waals surface area (Å²) in [5.41, 5.74) is 3.14. The van der Waals surface area contributed by atoms with Gasteiger partial charge in [-0.1, -0.05) is 19.4 Å². The van der Waals surface area contributed by atoms with E-state index >= 15 is 0 Å². The summed E-state index contributed by atoms with van der Waals surface area (Å²) in [5.74, 6) is -0.0386. The summed E-state index contributed by atoms with van der Waals surface area (Å²) >= 11 is 0. The maximum absolute atomic E-state index is 10.9. The molecule has 0 aliphatic heterocycles. The predicted molar refractivity (Wildman–Crippen MR) is 68.9 cm³/mol. The Morgan fingerprint density at radius 2 is 2.12 bits per heavy atom. The second-order valence-electron chi connectivity index (χ2n) is 3.99. The molecular weight excluding hydrogens is 200 g/mol. The highest BCUT2D eigenvalue weighted by molar-refractivity contribution is 5.89. The number of nitrogens with one attached hydrogen (secondary N) is 2. The number of rotatable bonds is 5. The number of amides is 1. The third-order valence-corrected chi connectivity index (χ3v) is 2.40. The number of aryl methyl sites for hydroxylation is 1. The van der Waals surface area contributed by atoms with E-state index in [4.69, 9.17) is 0 Å². The van der Waals surface area contributed by atoms with Gasteiger partial charge < -0.3 is 10.6 Å². The number of hydrogen-bond acceptors (Lipinski definition) is 2.